The lowest BCUT2D eigenvalue weighted by Crippen LogP contribution is -2.30. The van der Waals surface area contributed by atoms with Crippen molar-refractivity contribution in [3.63, 3.8) is 0 Å². The Morgan fingerprint density at radius 1 is 0.868 bits per heavy atom. The van der Waals surface area contributed by atoms with E-state index in [1.807, 2.05) is 71.0 Å². The molecule has 0 fully saturated rings. The molecular weight excluding hydrogens is 674 g/mol. The maximum absolute atomic E-state index is 14.4. The van der Waals surface area contributed by atoms with Crippen molar-refractivity contribution in [2.24, 2.45) is 0 Å². The van der Waals surface area contributed by atoms with Gasteiger partial charge in [-0.25, -0.2) is 14.6 Å². The van der Waals surface area contributed by atoms with Crippen molar-refractivity contribution in [3.8, 4) is 16.9 Å². The van der Waals surface area contributed by atoms with E-state index in [0.29, 0.717) is 58.9 Å². The molecule has 0 aliphatic heterocycles. The second-order valence-corrected chi connectivity index (χ2v) is 14.5. The van der Waals surface area contributed by atoms with Gasteiger partial charge >= 0.3 is 18.1 Å². The van der Waals surface area contributed by atoms with Crippen molar-refractivity contribution in [3.05, 3.63) is 76.2 Å². The largest absolute Gasteiger partial charge is 0.493 e. The summed E-state index contributed by atoms with van der Waals surface area (Å²) in [6, 6.07) is 14.1. The highest BCUT2D eigenvalue weighted by Crippen LogP contribution is 2.38. The lowest BCUT2D eigenvalue weighted by molar-refractivity contribution is -0.141. The Kier molecular flexibility index (Phi) is 13.6. The van der Waals surface area contributed by atoms with E-state index in [4.69, 9.17) is 14.2 Å². The molecule has 0 atom stereocenters. The topological polar surface area (TPSA) is 150 Å². The van der Waals surface area contributed by atoms with E-state index in [9.17, 15) is 19.2 Å². The highest BCUT2D eigenvalue weighted by atomic mass is 16.6. The van der Waals surface area contributed by atoms with Crippen LogP contribution in [0.1, 0.15) is 105 Å². The fraction of sp³-hybridized carbons (Fsp3) is 0.439. The van der Waals surface area contributed by atoms with Crippen molar-refractivity contribution in [2.45, 2.75) is 106 Å². The summed E-state index contributed by atoms with van der Waals surface area (Å²) >= 11 is 0. The molecular formula is C41H53N5O7. The zero-order valence-corrected chi connectivity index (χ0v) is 32.3. The third-order valence-corrected chi connectivity index (χ3v) is 8.31. The molecule has 0 saturated carbocycles. The standard InChI is InChI=1S/C41H53N5O7/c1-10-11-19-46-37-31(17-13-18-42-37)34(28-15-12-16-30(22-28)52-21-14-20-51-27(6)47)36(38(46)48)45-39(49)44-35-32(25(2)3)23-29(24-33(35)26(4)5)43-40(50)53-41(7,8)9/h12-13,15-18,22-26H,10-11,14,19-21H2,1-9H3,(H,43,50)(H2,44,45,49). The predicted molar refractivity (Wildman–Crippen MR) is 210 cm³/mol. The second kappa shape index (κ2) is 17.9. The third kappa shape index (κ3) is 10.8. The van der Waals surface area contributed by atoms with Crippen LogP contribution in [-0.4, -0.2) is 46.5 Å². The Balaban J connectivity index is 1.78. The second-order valence-electron chi connectivity index (χ2n) is 14.5. The van der Waals surface area contributed by atoms with Crippen LogP contribution in [0.2, 0.25) is 0 Å². The normalized spacial score (nSPS) is 11.5. The zero-order chi connectivity index (χ0) is 38.9. The molecule has 0 spiro atoms. The quantitative estimate of drug-likeness (QED) is 0.0859. The number of carbonyl (C=O) groups excluding carboxylic acids is 3. The number of nitrogens with one attached hydrogen (secondary N) is 3. The van der Waals surface area contributed by atoms with E-state index in [1.54, 1.807) is 43.7 Å². The van der Waals surface area contributed by atoms with Gasteiger partial charge < -0.3 is 24.8 Å². The van der Waals surface area contributed by atoms with E-state index in [2.05, 4.69) is 20.9 Å². The van der Waals surface area contributed by atoms with Crippen LogP contribution >= 0.6 is 0 Å². The predicted octanol–water partition coefficient (Wildman–Crippen LogP) is 9.43. The number of urea groups is 1. The Morgan fingerprint density at radius 2 is 1.55 bits per heavy atom. The molecule has 4 rings (SSSR count). The summed E-state index contributed by atoms with van der Waals surface area (Å²) in [6.45, 7) is 17.8. The van der Waals surface area contributed by atoms with Crippen LogP contribution in [-0.2, 0) is 20.8 Å². The average molecular weight is 728 g/mol. The summed E-state index contributed by atoms with van der Waals surface area (Å²) in [5, 5.41) is 9.54. The third-order valence-electron chi connectivity index (χ3n) is 8.31. The van der Waals surface area contributed by atoms with Gasteiger partial charge in [-0.2, -0.15) is 0 Å². The number of nitrogens with zero attached hydrogens (tertiary/aromatic N) is 2. The van der Waals surface area contributed by atoms with Crippen LogP contribution < -0.4 is 26.2 Å². The van der Waals surface area contributed by atoms with Gasteiger partial charge in [0.05, 0.1) is 13.2 Å². The number of pyridine rings is 2. The molecule has 3 N–H and O–H groups in total. The fourth-order valence-electron chi connectivity index (χ4n) is 5.92. The molecule has 0 saturated heterocycles. The molecule has 4 aromatic rings. The zero-order valence-electron chi connectivity index (χ0n) is 32.3. The average Bonchev–Trinajstić information content (AvgIpc) is 3.07. The summed E-state index contributed by atoms with van der Waals surface area (Å²) in [7, 11) is 0. The van der Waals surface area contributed by atoms with Gasteiger partial charge in [-0.1, -0.05) is 53.2 Å². The molecule has 12 heteroatoms. The molecule has 0 bridgehead atoms. The minimum atomic E-state index is -0.668. The number of unbranched alkanes of at least 4 members (excludes halogenated alkanes) is 1. The maximum Gasteiger partial charge on any atom is 0.412 e. The van der Waals surface area contributed by atoms with Crippen LogP contribution in [0.25, 0.3) is 22.2 Å². The molecule has 2 heterocycles. The van der Waals surface area contributed by atoms with Crippen molar-refractivity contribution in [1.82, 2.24) is 9.55 Å². The molecule has 3 amide bonds. The Labute approximate surface area is 311 Å². The Morgan fingerprint density at radius 3 is 2.17 bits per heavy atom. The molecule has 2 aromatic heterocycles. The van der Waals surface area contributed by atoms with Crippen molar-refractivity contribution in [2.75, 3.05) is 29.2 Å². The number of esters is 1. The number of fused-ring (bicyclic) bond motifs is 1. The molecule has 0 aliphatic carbocycles. The fourth-order valence-corrected chi connectivity index (χ4v) is 5.92. The summed E-state index contributed by atoms with van der Waals surface area (Å²) in [6.07, 6.45) is 3.18. The van der Waals surface area contributed by atoms with E-state index in [1.165, 1.54) is 6.92 Å². The van der Waals surface area contributed by atoms with Crippen molar-refractivity contribution < 1.29 is 28.6 Å². The van der Waals surface area contributed by atoms with Gasteiger partial charge in [0.2, 0.25) is 0 Å². The number of rotatable bonds is 14. The Hall–Kier alpha value is -5.39. The molecule has 12 nitrogen and oxygen atoms in total. The van der Waals surface area contributed by atoms with Crippen LogP contribution in [0.4, 0.5) is 26.7 Å². The number of hydrogen-bond donors (Lipinski definition) is 3. The number of hydrogen-bond acceptors (Lipinski definition) is 8. The van der Waals surface area contributed by atoms with Gasteiger partial charge in [0.25, 0.3) is 5.56 Å². The first-order chi connectivity index (χ1) is 25.1. The van der Waals surface area contributed by atoms with Crippen molar-refractivity contribution >= 4 is 46.2 Å². The molecule has 53 heavy (non-hydrogen) atoms. The first-order valence-electron chi connectivity index (χ1n) is 18.2. The van der Waals surface area contributed by atoms with Crippen molar-refractivity contribution in [1.29, 1.82) is 0 Å². The minimum Gasteiger partial charge on any atom is -0.493 e. The molecule has 2 aromatic carbocycles. The lowest BCUT2D eigenvalue weighted by atomic mass is 9.91. The first-order valence-corrected chi connectivity index (χ1v) is 18.2. The number of aromatic nitrogens is 2. The summed E-state index contributed by atoms with van der Waals surface area (Å²) in [5.74, 6) is 0.136. The van der Waals surface area contributed by atoms with E-state index < -0.39 is 17.7 Å². The summed E-state index contributed by atoms with van der Waals surface area (Å²) < 4.78 is 18.1. The number of benzene rings is 2. The molecule has 284 valence electrons. The monoisotopic (exact) mass is 727 g/mol. The number of amides is 3. The minimum absolute atomic E-state index is 0.0338. The number of ether oxygens (including phenoxy) is 3. The summed E-state index contributed by atoms with van der Waals surface area (Å²) in [4.78, 5) is 57.0. The van der Waals surface area contributed by atoms with Crippen LogP contribution in [0.5, 0.6) is 5.75 Å². The van der Waals surface area contributed by atoms with Gasteiger partial charge in [-0.05, 0) is 92.1 Å². The molecule has 0 unspecified atom stereocenters. The van der Waals surface area contributed by atoms with Gasteiger partial charge in [0.15, 0.2) is 0 Å². The van der Waals surface area contributed by atoms with Gasteiger partial charge in [-0.3, -0.25) is 19.5 Å². The number of anilines is 3. The molecule has 0 aliphatic rings. The highest BCUT2D eigenvalue weighted by molar-refractivity contribution is 6.08. The van der Waals surface area contributed by atoms with Gasteiger partial charge in [0.1, 0.15) is 22.7 Å². The van der Waals surface area contributed by atoms with Gasteiger partial charge in [-0.15, -0.1) is 0 Å². The van der Waals surface area contributed by atoms with Crippen LogP contribution in [0.15, 0.2) is 59.5 Å². The maximum atomic E-state index is 14.4. The van der Waals surface area contributed by atoms with Crippen LogP contribution in [0, 0.1) is 0 Å². The van der Waals surface area contributed by atoms with E-state index in [0.717, 1.165) is 24.0 Å². The first kappa shape index (κ1) is 40.4. The van der Waals surface area contributed by atoms with Gasteiger partial charge in [0, 0.05) is 48.4 Å². The van der Waals surface area contributed by atoms with E-state index in [-0.39, 0.29) is 35.7 Å². The number of carbonyl (C=O) groups is 3. The van der Waals surface area contributed by atoms with Crippen LogP contribution in [0.3, 0.4) is 0 Å². The summed E-state index contributed by atoms with van der Waals surface area (Å²) in [5.41, 5.74) is 3.49. The number of aryl methyl sites for hydroxylation is 1. The van der Waals surface area contributed by atoms with E-state index >= 15 is 0 Å². The SMILES string of the molecule is CCCCn1c(=O)c(NC(=O)Nc2c(C(C)C)cc(NC(=O)OC(C)(C)C)cc2C(C)C)c(-c2cccc(OCCCOC(C)=O)c2)c2cccnc21. The highest BCUT2D eigenvalue weighted by Gasteiger charge is 2.24. The smallest absolute Gasteiger partial charge is 0.412 e. The Bertz CT molecular complexity index is 1970. The molecule has 0 radical (unpaired) electrons. The lowest BCUT2D eigenvalue weighted by Gasteiger charge is -2.24.